The minimum atomic E-state index is -0.152. The van der Waals surface area contributed by atoms with Gasteiger partial charge in [0.25, 0.3) is 5.91 Å². The number of benzene rings is 1. The number of rotatable bonds is 9. The molecule has 5 nitrogen and oxygen atoms in total. The summed E-state index contributed by atoms with van der Waals surface area (Å²) in [6, 6.07) is 6.91. The van der Waals surface area contributed by atoms with Gasteiger partial charge in [-0.15, -0.1) is 0 Å². The molecule has 0 aromatic heterocycles. The molecule has 1 rings (SSSR count). The van der Waals surface area contributed by atoms with Crippen LogP contribution in [0.15, 0.2) is 24.3 Å². The Morgan fingerprint density at radius 3 is 2.35 bits per heavy atom. The van der Waals surface area contributed by atoms with Crippen molar-refractivity contribution in [2.24, 2.45) is 0 Å². The first-order valence-electron chi connectivity index (χ1n) is 6.77. The first kappa shape index (κ1) is 16.8. The number of carbonyl (C=O) groups is 1. The highest BCUT2D eigenvalue weighted by Gasteiger charge is 2.08. The maximum atomic E-state index is 11.7. The second kappa shape index (κ2) is 9.58. The van der Waals surface area contributed by atoms with Crippen molar-refractivity contribution in [3.05, 3.63) is 29.3 Å². The molecule has 1 amide bonds. The van der Waals surface area contributed by atoms with Gasteiger partial charge in [0, 0.05) is 11.6 Å². The lowest BCUT2D eigenvalue weighted by molar-refractivity contribution is -0.123. The Morgan fingerprint density at radius 1 is 1.20 bits per heavy atom. The zero-order valence-corrected chi connectivity index (χ0v) is 12.7. The Hall–Kier alpha value is -1.30. The highest BCUT2D eigenvalue weighted by Crippen LogP contribution is 2.15. The van der Waals surface area contributed by atoms with Gasteiger partial charge in [0.1, 0.15) is 5.75 Å². The Labute approximate surface area is 125 Å². The second-order valence-corrected chi connectivity index (χ2v) is 4.65. The van der Waals surface area contributed by atoms with E-state index < -0.39 is 0 Å². The van der Waals surface area contributed by atoms with Crippen molar-refractivity contribution in [1.82, 2.24) is 16.0 Å². The lowest BCUT2D eigenvalue weighted by Gasteiger charge is -2.19. The van der Waals surface area contributed by atoms with E-state index in [-0.39, 0.29) is 18.7 Å². The van der Waals surface area contributed by atoms with Gasteiger partial charge >= 0.3 is 0 Å². The Bertz CT molecular complexity index is 392. The normalized spacial score (nSPS) is 10.6. The van der Waals surface area contributed by atoms with Gasteiger partial charge in [-0.2, -0.15) is 0 Å². The van der Waals surface area contributed by atoms with E-state index >= 15 is 0 Å². The van der Waals surface area contributed by atoms with Crippen LogP contribution in [0.25, 0.3) is 0 Å². The van der Waals surface area contributed by atoms with Crippen molar-refractivity contribution >= 4 is 17.5 Å². The smallest absolute Gasteiger partial charge is 0.258 e. The number of nitrogens with one attached hydrogen (secondary N) is 3. The molecule has 1 aromatic carbocycles. The van der Waals surface area contributed by atoms with Crippen LogP contribution < -0.4 is 20.7 Å². The van der Waals surface area contributed by atoms with E-state index in [0.29, 0.717) is 17.3 Å². The van der Waals surface area contributed by atoms with Gasteiger partial charge in [0.05, 0.1) is 6.17 Å². The van der Waals surface area contributed by atoms with Crippen LogP contribution in [0, 0.1) is 0 Å². The fourth-order valence-corrected chi connectivity index (χ4v) is 1.78. The third kappa shape index (κ3) is 6.75. The average molecular weight is 300 g/mol. The Balaban J connectivity index is 2.27. The van der Waals surface area contributed by atoms with Crippen LogP contribution in [-0.4, -0.2) is 38.3 Å². The molecule has 0 heterocycles. The van der Waals surface area contributed by atoms with Crippen molar-refractivity contribution in [2.45, 2.75) is 20.0 Å². The van der Waals surface area contributed by atoms with Crippen LogP contribution in [0.2, 0.25) is 5.02 Å². The second-order valence-electron chi connectivity index (χ2n) is 4.21. The Kier molecular flexibility index (Phi) is 8.02. The van der Waals surface area contributed by atoms with Crippen molar-refractivity contribution in [2.75, 3.05) is 26.2 Å². The molecular weight excluding hydrogens is 278 g/mol. The van der Waals surface area contributed by atoms with E-state index in [2.05, 4.69) is 16.0 Å². The molecule has 6 heteroatoms. The predicted octanol–water partition coefficient (Wildman–Crippen LogP) is 1.38. The van der Waals surface area contributed by atoms with Crippen LogP contribution in [0.4, 0.5) is 0 Å². The molecule has 20 heavy (non-hydrogen) atoms. The lowest BCUT2D eigenvalue weighted by Crippen LogP contribution is -2.50. The van der Waals surface area contributed by atoms with Gasteiger partial charge in [-0.3, -0.25) is 4.79 Å². The molecule has 0 fully saturated rings. The molecule has 0 atom stereocenters. The van der Waals surface area contributed by atoms with E-state index in [0.717, 1.165) is 13.1 Å². The first-order chi connectivity index (χ1) is 9.65. The highest BCUT2D eigenvalue weighted by molar-refractivity contribution is 6.30. The Morgan fingerprint density at radius 2 is 1.80 bits per heavy atom. The third-order valence-corrected chi connectivity index (χ3v) is 2.84. The predicted molar refractivity (Wildman–Crippen MR) is 81.1 cm³/mol. The topological polar surface area (TPSA) is 62.4 Å². The molecule has 1 aromatic rings. The number of hydrogen-bond acceptors (Lipinski definition) is 4. The van der Waals surface area contributed by atoms with Gasteiger partial charge in [-0.25, -0.2) is 0 Å². The summed E-state index contributed by atoms with van der Waals surface area (Å²) < 4.78 is 5.36. The zero-order valence-electron chi connectivity index (χ0n) is 11.9. The van der Waals surface area contributed by atoms with Crippen molar-refractivity contribution in [3.8, 4) is 5.75 Å². The monoisotopic (exact) mass is 299 g/mol. The van der Waals surface area contributed by atoms with Crippen LogP contribution in [0.5, 0.6) is 5.75 Å². The number of amides is 1. The largest absolute Gasteiger partial charge is 0.484 e. The average Bonchev–Trinajstić information content (AvgIpc) is 2.44. The number of likely N-dealkylation sites (N-methyl/N-ethyl adjacent to an activating group) is 2. The van der Waals surface area contributed by atoms with Crippen LogP contribution in [0.3, 0.4) is 0 Å². The van der Waals surface area contributed by atoms with Gasteiger partial charge < -0.3 is 20.7 Å². The minimum absolute atomic E-state index is 0.00734. The number of carbonyl (C=O) groups excluding carboxylic acids is 1. The molecule has 0 saturated carbocycles. The fraction of sp³-hybridized carbons (Fsp3) is 0.500. The summed E-state index contributed by atoms with van der Waals surface area (Å²) in [6.07, 6.45) is 0.0736. The van der Waals surface area contributed by atoms with Gasteiger partial charge in [0.15, 0.2) is 6.61 Å². The summed E-state index contributed by atoms with van der Waals surface area (Å²) in [5, 5.41) is 9.93. The molecule has 0 unspecified atom stereocenters. The third-order valence-electron chi connectivity index (χ3n) is 2.59. The molecule has 0 aliphatic carbocycles. The van der Waals surface area contributed by atoms with Crippen molar-refractivity contribution in [3.63, 3.8) is 0 Å². The quantitative estimate of drug-likeness (QED) is 0.603. The van der Waals surface area contributed by atoms with E-state index in [4.69, 9.17) is 16.3 Å². The summed E-state index contributed by atoms with van der Waals surface area (Å²) in [5.41, 5.74) is 0. The molecule has 0 bridgehead atoms. The molecule has 0 aliphatic heterocycles. The van der Waals surface area contributed by atoms with Gasteiger partial charge in [0.2, 0.25) is 0 Å². The SMILES string of the molecule is CCNC(CNC(=O)COc1ccc(Cl)cc1)NCC. The molecule has 112 valence electrons. The van der Waals surface area contributed by atoms with E-state index in [1.807, 2.05) is 13.8 Å². The van der Waals surface area contributed by atoms with E-state index in [1.54, 1.807) is 24.3 Å². The summed E-state index contributed by atoms with van der Waals surface area (Å²) in [4.78, 5) is 11.7. The fourth-order valence-electron chi connectivity index (χ4n) is 1.66. The van der Waals surface area contributed by atoms with Crippen molar-refractivity contribution in [1.29, 1.82) is 0 Å². The summed E-state index contributed by atoms with van der Waals surface area (Å²) in [5.74, 6) is 0.472. The number of halogens is 1. The molecule has 3 N–H and O–H groups in total. The molecular formula is C14H22ClN3O2. The summed E-state index contributed by atoms with van der Waals surface area (Å²) >= 11 is 5.77. The molecule has 0 saturated heterocycles. The van der Waals surface area contributed by atoms with Gasteiger partial charge in [-0.1, -0.05) is 25.4 Å². The number of hydrogen-bond donors (Lipinski definition) is 3. The van der Waals surface area contributed by atoms with E-state index in [9.17, 15) is 4.79 Å². The van der Waals surface area contributed by atoms with Crippen LogP contribution >= 0.6 is 11.6 Å². The first-order valence-corrected chi connectivity index (χ1v) is 7.15. The molecule has 0 radical (unpaired) electrons. The molecule has 0 spiro atoms. The zero-order chi connectivity index (χ0) is 14.8. The van der Waals surface area contributed by atoms with E-state index in [1.165, 1.54) is 0 Å². The van der Waals surface area contributed by atoms with Crippen molar-refractivity contribution < 1.29 is 9.53 Å². The summed E-state index contributed by atoms with van der Waals surface area (Å²) in [7, 11) is 0. The maximum absolute atomic E-state index is 11.7. The molecule has 0 aliphatic rings. The van der Waals surface area contributed by atoms with Crippen LogP contribution in [-0.2, 0) is 4.79 Å². The maximum Gasteiger partial charge on any atom is 0.258 e. The lowest BCUT2D eigenvalue weighted by atomic mass is 10.3. The standard InChI is InChI=1S/C14H22ClN3O2/c1-3-16-13(17-4-2)9-18-14(19)10-20-12-7-5-11(15)6-8-12/h5-8,13,16-17H,3-4,9-10H2,1-2H3,(H,18,19). The minimum Gasteiger partial charge on any atom is -0.484 e. The van der Waals surface area contributed by atoms with Gasteiger partial charge in [-0.05, 0) is 37.4 Å². The highest BCUT2D eigenvalue weighted by atomic mass is 35.5. The number of ether oxygens (including phenoxy) is 1. The summed E-state index contributed by atoms with van der Waals surface area (Å²) in [6.45, 7) is 6.24. The van der Waals surface area contributed by atoms with Crippen LogP contribution in [0.1, 0.15) is 13.8 Å².